The van der Waals surface area contributed by atoms with Gasteiger partial charge in [-0.2, -0.15) is 0 Å². The first kappa shape index (κ1) is 16.2. The van der Waals surface area contributed by atoms with Crippen LogP contribution in [0.3, 0.4) is 0 Å². The van der Waals surface area contributed by atoms with Gasteiger partial charge in [0.1, 0.15) is 0 Å². The third kappa shape index (κ3) is 2.69. The molecule has 3 rings (SSSR count). The van der Waals surface area contributed by atoms with E-state index in [1.54, 1.807) is 6.20 Å². The number of hydrogen-bond donors (Lipinski definition) is 0. The Morgan fingerprint density at radius 3 is 2.91 bits per heavy atom. The second-order valence-corrected chi connectivity index (χ2v) is 7.05. The topological polar surface area (TPSA) is 48.4 Å². The van der Waals surface area contributed by atoms with Crippen molar-refractivity contribution in [2.45, 2.75) is 33.8 Å². The van der Waals surface area contributed by atoms with Crippen LogP contribution in [-0.4, -0.2) is 24.2 Å². The number of carbonyl (C=O) groups excluding carboxylic acids is 1. The van der Waals surface area contributed by atoms with Crippen molar-refractivity contribution in [3.63, 3.8) is 0 Å². The van der Waals surface area contributed by atoms with Crippen LogP contribution in [0.1, 0.15) is 39.4 Å². The number of fused-ring (bicyclic) bond motifs is 2. The Hall–Kier alpha value is -1.68. The molecule has 1 aromatic heterocycles. The molecule has 2 bridgehead atoms. The Morgan fingerprint density at radius 2 is 2.26 bits per heavy atom. The Bertz CT molecular complexity index is 612. The van der Waals surface area contributed by atoms with E-state index in [-0.39, 0.29) is 17.5 Å². The third-order valence-electron chi connectivity index (χ3n) is 5.81. The molecule has 4 nitrogen and oxygen atoms in total. The first-order chi connectivity index (χ1) is 11.0. The van der Waals surface area contributed by atoms with Gasteiger partial charge in [0.05, 0.1) is 19.3 Å². The molecule has 0 amide bonds. The maximum absolute atomic E-state index is 11.3. The average molecular weight is 315 g/mol. The molecular formula is C19H25NO3. The van der Waals surface area contributed by atoms with Crippen LogP contribution >= 0.6 is 0 Å². The zero-order chi connectivity index (χ0) is 16.6. The van der Waals surface area contributed by atoms with E-state index in [1.165, 1.54) is 12.5 Å². The van der Waals surface area contributed by atoms with Crippen molar-refractivity contribution < 1.29 is 14.3 Å². The number of hydrogen-bond acceptors (Lipinski definition) is 4. The molecule has 5 atom stereocenters. The average Bonchev–Trinajstić information content (AvgIpc) is 2.52. The highest BCUT2D eigenvalue weighted by Gasteiger charge is 2.54. The number of aromatic nitrogens is 1. The summed E-state index contributed by atoms with van der Waals surface area (Å²) >= 11 is 0. The van der Waals surface area contributed by atoms with E-state index in [4.69, 9.17) is 9.47 Å². The van der Waals surface area contributed by atoms with Gasteiger partial charge in [-0.25, -0.2) is 0 Å². The summed E-state index contributed by atoms with van der Waals surface area (Å²) in [5.74, 6) is 0.763. The summed E-state index contributed by atoms with van der Waals surface area (Å²) in [6.45, 7) is 9.15. The predicted octanol–water partition coefficient (Wildman–Crippen LogP) is 3.55. The molecule has 0 N–H and O–H groups in total. The lowest BCUT2D eigenvalue weighted by Gasteiger charge is -2.55. The van der Waals surface area contributed by atoms with Gasteiger partial charge < -0.3 is 9.47 Å². The molecule has 0 saturated carbocycles. The SMILES string of the molecule is CC(=O)OC[C@]12CO[C@H](c3cccnc3)[C@@H](C(C)=C[C@H]1C)[C@H]2C. The van der Waals surface area contributed by atoms with Crippen LogP contribution in [0.2, 0.25) is 0 Å². The van der Waals surface area contributed by atoms with Gasteiger partial charge in [-0.1, -0.05) is 31.6 Å². The molecule has 1 aromatic rings. The van der Waals surface area contributed by atoms with Crippen molar-refractivity contribution in [2.75, 3.05) is 13.2 Å². The van der Waals surface area contributed by atoms with E-state index >= 15 is 0 Å². The van der Waals surface area contributed by atoms with Crippen LogP contribution < -0.4 is 0 Å². The first-order valence-electron chi connectivity index (χ1n) is 8.29. The minimum atomic E-state index is -0.226. The monoisotopic (exact) mass is 315 g/mol. The standard InChI is InChI=1S/C19H25NO3/c1-12-8-13(2)19(10-22-15(4)21)11-23-18(17(12)14(19)3)16-6-5-7-20-9-16/h5-9,13-14,17-18H,10-11H2,1-4H3/t13-,14-,17+,18-,19+/m1/s1. The van der Waals surface area contributed by atoms with Crippen LogP contribution in [0.15, 0.2) is 36.2 Å². The normalized spacial score (nSPS) is 36.3. The third-order valence-corrected chi connectivity index (χ3v) is 5.81. The number of carbonyl (C=O) groups is 1. The highest BCUT2D eigenvalue weighted by molar-refractivity contribution is 5.66. The summed E-state index contributed by atoms with van der Waals surface area (Å²) in [7, 11) is 0. The highest BCUT2D eigenvalue weighted by Crippen LogP contribution is 2.56. The highest BCUT2D eigenvalue weighted by atomic mass is 16.5. The molecule has 2 aliphatic rings. The Labute approximate surface area is 137 Å². The van der Waals surface area contributed by atoms with Gasteiger partial charge >= 0.3 is 5.97 Å². The number of pyridine rings is 1. The van der Waals surface area contributed by atoms with Gasteiger partial charge in [-0.05, 0) is 30.4 Å². The second kappa shape index (κ2) is 6.08. The number of ether oxygens (including phenoxy) is 2. The Kier molecular flexibility index (Phi) is 4.28. The molecule has 124 valence electrons. The number of nitrogens with zero attached hydrogens (tertiary/aromatic N) is 1. The summed E-state index contributed by atoms with van der Waals surface area (Å²) in [5.41, 5.74) is 2.33. The van der Waals surface area contributed by atoms with Crippen LogP contribution in [-0.2, 0) is 14.3 Å². The lowest BCUT2D eigenvalue weighted by molar-refractivity contribution is -0.180. The van der Waals surface area contributed by atoms with Crippen molar-refractivity contribution in [2.24, 2.45) is 23.2 Å². The lowest BCUT2D eigenvalue weighted by atomic mass is 9.56. The summed E-state index contributed by atoms with van der Waals surface area (Å²) < 4.78 is 11.7. The fourth-order valence-corrected chi connectivity index (χ4v) is 4.34. The largest absolute Gasteiger partial charge is 0.465 e. The van der Waals surface area contributed by atoms with E-state index in [1.807, 2.05) is 12.3 Å². The Morgan fingerprint density at radius 1 is 1.48 bits per heavy atom. The van der Waals surface area contributed by atoms with Gasteiger partial charge in [-0.15, -0.1) is 0 Å². The first-order valence-corrected chi connectivity index (χ1v) is 8.29. The molecule has 0 aromatic carbocycles. The number of allylic oxidation sites excluding steroid dienone is 1. The molecule has 1 aliphatic heterocycles. The van der Waals surface area contributed by atoms with E-state index < -0.39 is 0 Å². The van der Waals surface area contributed by atoms with Gasteiger partial charge in [0.15, 0.2) is 0 Å². The van der Waals surface area contributed by atoms with E-state index in [0.29, 0.717) is 31.0 Å². The number of esters is 1. The van der Waals surface area contributed by atoms with E-state index in [9.17, 15) is 4.79 Å². The molecule has 0 unspecified atom stereocenters. The lowest BCUT2D eigenvalue weighted by Crippen LogP contribution is -2.54. The summed E-state index contributed by atoms with van der Waals surface area (Å²) in [4.78, 5) is 15.6. The summed E-state index contributed by atoms with van der Waals surface area (Å²) in [6.07, 6.45) is 6.03. The van der Waals surface area contributed by atoms with E-state index in [0.717, 1.165) is 5.56 Å². The molecule has 0 spiro atoms. The second-order valence-electron chi connectivity index (χ2n) is 7.05. The zero-order valence-electron chi connectivity index (χ0n) is 14.3. The van der Waals surface area contributed by atoms with Gasteiger partial charge in [-0.3, -0.25) is 9.78 Å². The maximum Gasteiger partial charge on any atom is 0.302 e. The minimum Gasteiger partial charge on any atom is -0.465 e. The Balaban J connectivity index is 1.95. The van der Waals surface area contributed by atoms with Gasteiger partial charge in [0.25, 0.3) is 0 Å². The summed E-state index contributed by atoms with van der Waals surface area (Å²) in [6, 6.07) is 4.03. The predicted molar refractivity (Wildman–Crippen MR) is 87.6 cm³/mol. The molecule has 1 saturated heterocycles. The van der Waals surface area contributed by atoms with Crippen molar-refractivity contribution in [1.29, 1.82) is 0 Å². The van der Waals surface area contributed by atoms with Crippen LogP contribution in [0.5, 0.6) is 0 Å². The van der Waals surface area contributed by atoms with Crippen LogP contribution in [0.25, 0.3) is 0 Å². The fraction of sp³-hybridized carbons (Fsp3) is 0.579. The molecule has 2 heterocycles. The minimum absolute atomic E-state index is 0.0212. The molecular weight excluding hydrogens is 290 g/mol. The van der Waals surface area contributed by atoms with Crippen LogP contribution in [0, 0.1) is 23.2 Å². The van der Waals surface area contributed by atoms with E-state index in [2.05, 4.69) is 37.9 Å². The van der Waals surface area contributed by atoms with Gasteiger partial charge in [0, 0.05) is 30.7 Å². The number of rotatable bonds is 3. The van der Waals surface area contributed by atoms with Crippen LogP contribution in [0.4, 0.5) is 0 Å². The quantitative estimate of drug-likeness (QED) is 0.632. The molecule has 23 heavy (non-hydrogen) atoms. The van der Waals surface area contributed by atoms with Crippen molar-refractivity contribution in [3.05, 3.63) is 41.7 Å². The fourth-order valence-electron chi connectivity index (χ4n) is 4.34. The van der Waals surface area contributed by atoms with Crippen molar-refractivity contribution in [3.8, 4) is 0 Å². The molecule has 1 aliphatic carbocycles. The molecule has 0 radical (unpaired) electrons. The maximum atomic E-state index is 11.3. The van der Waals surface area contributed by atoms with Crippen molar-refractivity contribution in [1.82, 2.24) is 4.98 Å². The molecule has 1 fully saturated rings. The smallest absolute Gasteiger partial charge is 0.302 e. The summed E-state index contributed by atoms with van der Waals surface area (Å²) in [5, 5.41) is 0. The van der Waals surface area contributed by atoms with Gasteiger partial charge in [0.2, 0.25) is 0 Å². The molecule has 4 heteroatoms. The van der Waals surface area contributed by atoms with Crippen molar-refractivity contribution >= 4 is 5.97 Å². The zero-order valence-corrected chi connectivity index (χ0v) is 14.3.